The summed E-state index contributed by atoms with van der Waals surface area (Å²) in [5, 5.41) is 0. The van der Waals surface area contributed by atoms with Crippen molar-refractivity contribution in [1.29, 1.82) is 0 Å². The fourth-order valence-electron chi connectivity index (χ4n) is 1.78. The van der Waals surface area contributed by atoms with Crippen molar-refractivity contribution in [2.45, 2.75) is 0 Å². The van der Waals surface area contributed by atoms with E-state index in [1.165, 1.54) is 0 Å². The van der Waals surface area contributed by atoms with Gasteiger partial charge in [0.1, 0.15) is 12.8 Å². The maximum absolute atomic E-state index is 5.18. The molecule has 0 aliphatic rings. The summed E-state index contributed by atoms with van der Waals surface area (Å²) < 4.78 is 12.3. The van der Waals surface area contributed by atoms with E-state index in [0.29, 0.717) is 0 Å². The maximum Gasteiger partial charge on any atom is 0.211 e. The fourth-order valence-corrected chi connectivity index (χ4v) is 1.78. The third kappa shape index (κ3) is 4.23. The predicted octanol–water partition coefficient (Wildman–Crippen LogP) is -0.297. The summed E-state index contributed by atoms with van der Waals surface area (Å²) in [5.74, 6) is 1.72. The van der Waals surface area contributed by atoms with E-state index in [-0.39, 0.29) is 24.0 Å². The average molecular weight is 383 g/mol. The van der Waals surface area contributed by atoms with Gasteiger partial charge in [-0.05, 0) is 29.8 Å². The Morgan fingerprint density at radius 3 is 2.00 bits per heavy atom. The van der Waals surface area contributed by atoms with Gasteiger partial charge in [0.25, 0.3) is 0 Å². The Morgan fingerprint density at radius 2 is 1.45 bits per heavy atom. The number of pyridine rings is 1. The van der Waals surface area contributed by atoms with E-state index in [1.807, 2.05) is 54.2 Å². The lowest BCUT2D eigenvalue weighted by Crippen LogP contribution is -3.00. The average Bonchev–Trinajstić information content (AvgIpc) is 2.46. The number of nitrogens with zero attached hydrogens (tertiary/aromatic N) is 1. The van der Waals surface area contributed by atoms with Gasteiger partial charge in [0.2, 0.25) is 11.9 Å². The molecule has 4 heteroatoms. The summed E-state index contributed by atoms with van der Waals surface area (Å²) in [6.07, 6.45) is 6.09. The Labute approximate surface area is 136 Å². The lowest BCUT2D eigenvalue weighted by molar-refractivity contribution is -0.673. The minimum atomic E-state index is 0. The lowest BCUT2D eigenvalue weighted by Gasteiger charge is -2.00. The Kier molecular flexibility index (Phi) is 6.51. The van der Waals surface area contributed by atoms with Gasteiger partial charge in [-0.1, -0.05) is 12.1 Å². The van der Waals surface area contributed by atoms with Crippen molar-refractivity contribution in [3.63, 3.8) is 0 Å². The second-order valence-electron chi connectivity index (χ2n) is 4.21. The second-order valence-corrected chi connectivity index (χ2v) is 4.21. The van der Waals surface area contributed by atoms with Crippen molar-refractivity contribution in [3.05, 3.63) is 53.9 Å². The van der Waals surface area contributed by atoms with E-state index in [1.54, 1.807) is 14.2 Å². The van der Waals surface area contributed by atoms with E-state index in [0.717, 1.165) is 22.8 Å². The van der Waals surface area contributed by atoms with Crippen LogP contribution in [0.5, 0.6) is 11.5 Å². The number of hydrogen-bond acceptors (Lipinski definition) is 2. The standard InChI is InChI=1S/C16H18NO2.HI/c1-17-12-16(19-3)11-8-14(17)7-4-13-5-9-15(18-2)10-6-13;/h4-12H,1-3H3;1H/q+1;/p-1/b7-4+;. The zero-order valence-electron chi connectivity index (χ0n) is 11.8. The molecule has 1 heterocycles. The fraction of sp³-hybridized carbons (Fsp3) is 0.188. The zero-order valence-corrected chi connectivity index (χ0v) is 14.0. The molecule has 0 saturated heterocycles. The summed E-state index contributed by atoms with van der Waals surface area (Å²) in [6, 6.07) is 11.9. The van der Waals surface area contributed by atoms with Crippen molar-refractivity contribution in [2.24, 2.45) is 7.05 Å². The van der Waals surface area contributed by atoms with Gasteiger partial charge < -0.3 is 33.5 Å². The Bertz CT molecular complexity index is 580. The van der Waals surface area contributed by atoms with Crippen molar-refractivity contribution in [3.8, 4) is 11.5 Å². The van der Waals surface area contributed by atoms with Crippen LogP contribution < -0.4 is 38.0 Å². The third-order valence-electron chi connectivity index (χ3n) is 2.94. The zero-order chi connectivity index (χ0) is 13.7. The van der Waals surface area contributed by atoms with Crippen LogP contribution in [0.2, 0.25) is 0 Å². The highest BCUT2D eigenvalue weighted by Gasteiger charge is 2.04. The molecule has 0 bridgehead atoms. The number of aromatic nitrogens is 1. The SMILES string of the molecule is COc1ccc(/C=C/c2ccc(OC)c[n+]2C)cc1.[I-]. The highest BCUT2D eigenvalue weighted by Crippen LogP contribution is 2.14. The quantitative estimate of drug-likeness (QED) is 0.535. The molecule has 0 aliphatic heterocycles. The van der Waals surface area contributed by atoms with Gasteiger partial charge in [-0.2, -0.15) is 4.57 Å². The molecule has 0 spiro atoms. The summed E-state index contributed by atoms with van der Waals surface area (Å²) in [5.41, 5.74) is 2.24. The van der Waals surface area contributed by atoms with Gasteiger partial charge in [-0.3, -0.25) is 0 Å². The van der Waals surface area contributed by atoms with Gasteiger partial charge in [0.05, 0.1) is 14.2 Å². The molecule has 0 N–H and O–H groups in total. The first kappa shape index (κ1) is 16.5. The molecule has 0 radical (unpaired) electrons. The molecule has 2 rings (SSSR count). The number of ether oxygens (including phenoxy) is 2. The maximum atomic E-state index is 5.18. The van der Waals surface area contributed by atoms with E-state index < -0.39 is 0 Å². The molecule has 3 nitrogen and oxygen atoms in total. The molecular formula is C16H18INO2. The van der Waals surface area contributed by atoms with Crippen LogP contribution in [0.25, 0.3) is 12.2 Å². The van der Waals surface area contributed by atoms with Gasteiger partial charge >= 0.3 is 0 Å². The van der Waals surface area contributed by atoms with Gasteiger partial charge in [-0.25, -0.2) is 0 Å². The van der Waals surface area contributed by atoms with Crippen LogP contribution in [0, 0.1) is 0 Å². The second kappa shape index (κ2) is 7.89. The van der Waals surface area contributed by atoms with Crippen LogP contribution in [0.15, 0.2) is 42.6 Å². The smallest absolute Gasteiger partial charge is 0.211 e. The molecule has 0 unspecified atom stereocenters. The van der Waals surface area contributed by atoms with Crippen molar-refractivity contribution < 1.29 is 38.0 Å². The minimum absolute atomic E-state index is 0. The number of rotatable bonds is 4. The van der Waals surface area contributed by atoms with Crippen LogP contribution in [-0.4, -0.2) is 14.2 Å². The topological polar surface area (TPSA) is 22.3 Å². The monoisotopic (exact) mass is 383 g/mol. The van der Waals surface area contributed by atoms with Crippen LogP contribution in [0.3, 0.4) is 0 Å². The molecule has 20 heavy (non-hydrogen) atoms. The first-order chi connectivity index (χ1) is 9.22. The molecule has 2 aromatic rings. The minimum Gasteiger partial charge on any atom is -1.00 e. The molecular weight excluding hydrogens is 365 g/mol. The predicted molar refractivity (Wildman–Crippen MR) is 76.1 cm³/mol. The lowest BCUT2D eigenvalue weighted by atomic mass is 10.2. The number of methoxy groups -OCH3 is 2. The first-order valence-corrected chi connectivity index (χ1v) is 6.09. The van der Waals surface area contributed by atoms with Crippen molar-refractivity contribution in [2.75, 3.05) is 14.2 Å². The normalized spacial score (nSPS) is 10.2. The van der Waals surface area contributed by atoms with Gasteiger partial charge in [0.15, 0.2) is 5.75 Å². The van der Waals surface area contributed by atoms with Crippen LogP contribution >= 0.6 is 0 Å². The summed E-state index contributed by atoms with van der Waals surface area (Å²) in [7, 11) is 5.33. The van der Waals surface area contributed by atoms with E-state index >= 15 is 0 Å². The molecule has 0 amide bonds. The molecule has 1 aromatic heterocycles. The molecule has 1 aromatic carbocycles. The third-order valence-corrected chi connectivity index (χ3v) is 2.94. The Morgan fingerprint density at radius 1 is 0.850 bits per heavy atom. The Balaban J connectivity index is 0.00000200. The van der Waals surface area contributed by atoms with Crippen LogP contribution in [0.1, 0.15) is 11.3 Å². The summed E-state index contributed by atoms with van der Waals surface area (Å²) in [4.78, 5) is 0. The van der Waals surface area contributed by atoms with Crippen molar-refractivity contribution >= 4 is 12.2 Å². The number of hydrogen-bond donors (Lipinski definition) is 0. The number of halogens is 1. The van der Waals surface area contributed by atoms with Crippen LogP contribution in [-0.2, 0) is 7.05 Å². The molecule has 0 fully saturated rings. The molecule has 106 valence electrons. The van der Waals surface area contributed by atoms with E-state index in [9.17, 15) is 0 Å². The Hall–Kier alpha value is -1.56. The summed E-state index contributed by atoms with van der Waals surface area (Å²) >= 11 is 0. The summed E-state index contributed by atoms with van der Waals surface area (Å²) in [6.45, 7) is 0. The highest BCUT2D eigenvalue weighted by molar-refractivity contribution is 5.67. The van der Waals surface area contributed by atoms with Gasteiger partial charge in [0, 0.05) is 12.1 Å². The molecule has 0 aliphatic carbocycles. The largest absolute Gasteiger partial charge is 1.00 e. The molecule has 0 atom stereocenters. The highest BCUT2D eigenvalue weighted by atomic mass is 127. The van der Waals surface area contributed by atoms with Gasteiger partial charge in [-0.15, -0.1) is 0 Å². The molecule has 0 saturated carbocycles. The van der Waals surface area contributed by atoms with Crippen LogP contribution in [0.4, 0.5) is 0 Å². The van der Waals surface area contributed by atoms with E-state index in [2.05, 4.69) is 12.2 Å². The number of benzene rings is 1. The first-order valence-electron chi connectivity index (χ1n) is 6.09. The van der Waals surface area contributed by atoms with E-state index in [4.69, 9.17) is 9.47 Å². The number of aryl methyl sites for hydroxylation is 1. The van der Waals surface area contributed by atoms with Crippen molar-refractivity contribution in [1.82, 2.24) is 0 Å².